The van der Waals surface area contributed by atoms with Gasteiger partial charge in [-0.3, -0.25) is 0 Å². The molecule has 25 heavy (non-hydrogen) atoms. The number of H-pyrrole nitrogens is 1. The molecule has 0 aliphatic rings. The highest BCUT2D eigenvalue weighted by atomic mass is 32.1. The van der Waals surface area contributed by atoms with Gasteiger partial charge in [-0.25, -0.2) is 9.89 Å². The summed E-state index contributed by atoms with van der Waals surface area (Å²) in [7, 11) is 1.59. The molecule has 0 saturated carbocycles. The van der Waals surface area contributed by atoms with E-state index in [9.17, 15) is 9.90 Å². The minimum atomic E-state index is -1.02. The standard InChI is InChI=1S/C17H14N4O3S/c1-24-13-8-6-11(7-9-13)15-19-20-17(25)21(15)18-10-12-4-2-3-5-14(12)16(22)23/h2-10H,1H3,(H,20,25)(H,22,23)/b18-10-. The van der Waals surface area contributed by atoms with Crippen LogP contribution in [0.1, 0.15) is 15.9 Å². The Bertz CT molecular complexity index is 990. The Hall–Kier alpha value is -3.26. The molecular formula is C17H14N4O3S. The third kappa shape index (κ3) is 3.48. The third-order valence-electron chi connectivity index (χ3n) is 3.50. The van der Waals surface area contributed by atoms with E-state index in [1.807, 2.05) is 12.1 Å². The molecule has 126 valence electrons. The maximum atomic E-state index is 11.3. The van der Waals surface area contributed by atoms with Crippen LogP contribution in [0.4, 0.5) is 0 Å². The van der Waals surface area contributed by atoms with E-state index in [-0.39, 0.29) is 5.56 Å². The zero-order chi connectivity index (χ0) is 17.8. The molecule has 1 aromatic heterocycles. The number of nitrogens with one attached hydrogen (secondary N) is 1. The molecule has 7 nitrogen and oxygen atoms in total. The molecule has 0 amide bonds. The first-order chi connectivity index (χ1) is 12.1. The number of hydrogen-bond donors (Lipinski definition) is 2. The van der Waals surface area contributed by atoms with Gasteiger partial charge in [0.25, 0.3) is 0 Å². The summed E-state index contributed by atoms with van der Waals surface area (Å²) in [6, 6.07) is 13.9. The average Bonchev–Trinajstić information content (AvgIpc) is 3.00. The van der Waals surface area contributed by atoms with E-state index in [0.717, 1.165) is 11.3 Å². The Kier molecular flexibility index (Phi) is 4.71. The minimum Gasteiger partial charge on any atom is -0.497 e. The lowest BCUT2D eigenvalue weighted by Crippen LogP contribution is -2.02. The molecular weight excluding hydrogens is 340 g/mol. The van der Waals surface area contributed by atoms with Crippen molar-refractivity contribution in [1.29, 1.82) is 0 Å². The summed E-state index contributed by atoms with van der Waals surface area (Å²) in [5.74, 6) is 0.216. The number of ether oxygens (including phenoxy) is 1. The average molecular weight is 354 g/mol. The quantitative estimate of drug-likeness (QED) is 0.542. The van der Waals surface area contributed by atoms with E-state index in [0.29, 0.717) is 16.2 Å². The largest absolute Gasteiger partial charge is 0.497 e. The van der Waals surface area contributed by atoms with Crippen molar-refractivity contribution in [3.63, 3.8) is 0 Å². The van der Waals surface area contributed by atoms with Crippen LogP contribution in [0.3, 0.4) is 0 Å². The van der Waals surface area contributed by atoms with E-state index < -0.39 is 5.97 Å². The smallest absolute Gasteiger partial charge is 0.336 e. The van der Waals surface area contributed by atoms with Gasteiger partial charge in [0, 0.05) is 11.1 Å². The molecule has 2 N–H and O–H groups in total. The van der Waals surface area contributed by atoms with Gasteiger partial charge in [-0.05, 0) is 42.5 Å². The predicted molar refractivity (Wildman–Crippen MR) is 95.8 cm³/mol. The van der Waals surface area contributed by atoms with Crippen molar-refractivity contribution < 1.29 is 14.6 Å². The predicted octanol–water partition coefficient (Wildman–Crippen LogP) is 3.20. The molecule has 2 aromatic carbocycles. The summed E-state index contributed by atoms with van der Waals surface area (Å²) in [4.78, 5) is 11.3. The number of methoxy groups -OCH3 is 1. The zero-order valence-electron chi connectivity index (χ0n) is 13.2. The van der Waals surface area contributed by atoms with E-state index in [1.165, 1.54) is 17.0 Å². The van der Waals surface area contributed by atoms with Gasteiger partial charge < -0.3 is 9.84 Å². The molecule has 8 heteroatoms. The fraction of sp³-hybridized carbons (Fsp3) is 0.0588. The lowest BCUT2D eigenvalue weighted by molar-refractivity contribution is 0.0697. The van der Waals surface area contributed by atoms with Crippen molar-refractivity contribution in [2.24, 2.45) is 5.10 Å². The number of carboxylic acids is 1. The van der Waals surface area contributed by atoms with E-state index in [2.05, 4.69) is 15.3 Å². The second kappa shape index (κ2) is 7.10. The van der Waals surface area contributed by atoms with Crippen molar-refractivity contribution in [3.05, 3.63) is 64.4 Å². The molecule has 0 unspecified atom stereocenters. The second-order valence-corrected chi connectivity index (χ2v) is 5.42. The van der Waals surface area contributed by atoms with E-state index in [1.54, 1.807) is 37.4 Å². The van der Waals surface area contributed by atoms with Gasteiger partial charge in [-0.1, -0.05) is 18.2 Å². The molecule has 3 rings (SSSR count). The SMILES string of the molecule is COc1ccc(-c2n[nH]c(=S)n2/N=C\c2ccccc2C(=O)O)cc1. The molecule has 0 atom stereocenters. The zero-order valence-corrected chi connectivity index (χ0v) is 14.0. The second-order valence-electron chi connectivity index (χ2n) is 5.03. The monoisotopic (exact) mass is 354 g/mol. The lowest BCUT2D eigenvalue weighted by atomic mass is 10.1. The minimum absolute atomic E-state index is 0.160. The van der Waals surface area contributed by atoms with Crippen LogP contribution in [0, 0.1) is 4.77 Å². The highest BCUT2D eigenvalue weighted by Crippen LogP contribution is 2.21. The van der Waals surface area contributed by atoms with Crippen LogP contribution >= 0.6 is 12.2 Å². The van der Waals surface area contributed by atoms with Gasteiger partial charge in [0.05, 0.1) is 18.9 Å². The van der Waals surface area contributed by atoms with Gasteiger partial charge >= 0.3 is 5.97 Å². The molecule has 0 fully saturated rings. The Morgan fingerprint density at radius 2 is 2.00 bits per heavy atom. The van der Waals surface area contributed by atoms with Crippen molar-refractivity contribution in [1.82, 2.24) is 14.9 Å². The number of aromatic nitrogens is 3. The van der Waals surface area contributed by atoms with Gasteiger partial charge in [-0.15, -0.1) is 0 Å². The fourth-order valence-corrected chi connectivity index (χ4v) is 2.43. The molecule has 0 spiro atoms. The number of nitrogens with zero attached hydrogens (tertiary/aromatic N) is 3. The van der Waals surface area contributed by atoms with Crippen LogP contribution in [-0.4, -0.2) is 39.3 Å². The first kappa shape index (κ1) is 16.6. The summed E-state index contributed by atoms with van der Waals surface area (Å²) in [5.41, 5.74) is 1.42. The fourth-order valence-electron chi connectivity index (χ4n) is 2.25. The van der Waals surface area contributed by atoms with Crippen LogP contribution in [0.25, 0.3) is 11.4 Å². The first-order valence-electron chi connectivity index (χ1n) is 7.28. The Morgan fingerprint density at radius 3 is 2.68 bits per heavy atom. The maximum absolute atomic E-state index is 11.3. The lowest BCUT2D eigenvalue weighted by Gasteiger charge is -2.03. The van der Waals surface area contributed by atoms with Crippen LogP contribution in [0.15, 0.2) is 53.6 Å². The molecule has 0 aliphatic heterocycles. The highest BCUT2D eigenvalue weighted by Gasteiger charge is 2.10. The molecule has 0 aliphatic carbocycles. The van der Waals surface area contributed by atoms with Crippen LogP contribution in [0.5, 0.6) is 5.75 Å². The van der Waals surface area contributed by atoms with Crippen molar-refractivity contribution >= 4 is 24.4 Å². The number of carbonyl (C=O) groups is 1. The summed E-state index contributed by atoms with van der Waals surface area (Å²) in [6.07, 6.45) is 1.45. The molecule has 0 radical (unpaired) electrons. The first-order valence-corrected chi connectivity index (χ1v) is 7.69. The van der Waals surface area contributed by atoms with E-state index >= 15 is 0 Å². The van der Waals surface area contributed by atoms with E-state index in [4.69, 9.17) is 17.0 Å². The number of aromatic carboxylic acids is 1. The molecule has 0 saturated heterocycles. The van der Waals surface area contributed by atoms with Crippen LogP contribution in [-0.2, 0) is 0 Å². The van der Waals surface area contributed by atoms with Crippen molar-refractivity contribution in [2.75, 3.05) is 7.11 Å². The Morgan fingerprint density at radius 1 is 1.28 bits per heavy atom. The number of hydrogen-bond acceptors (Lipinski definition) is 5. The summed E-state index contributed by atoms with van der Waals surface area (Å²) in [6.45, 7) is 0. The van der Waals surface area contributed by atoms with Gasteiger partial charge in [0.2, 0.25) is 4.77 Å². The third-order valence-corrected chi connectivity index (χ3v) is 3.77. The molecule has 0 bridgehead atoms. The number of rotatable bonds is 5. The number of aromatic amines is 1. The molecule has 3 aromatic rings. The summed E-state index contributed by atoms with van der Waals surface area (Å²) >= 11 is 5.21. The van der Waals surface area contributed by atoms with Crippen molar-refractivity contribution in [3.8, 4) is 17.1 Å². The Labute approximate surface area is 148 Å². The summed E-state index contributed by atoms with van der Waals surface area (Å²) < 4.78 is 6.88. The summed E-state index contributed by atoms with van der Waals surface area (Å²) in [5, 5.41) is 20.4. The topological polar surface area (TPSA) is 92.5 Å². The normalized spacial score (nSPS) is 10.9. The van der Waals surface area contributed by atoms with Gasteiger partial charge in [0.15, 0.2) is 5.82 Å². The van der Waals surface area contributed by atoms with Crippen LogP contribution in [0.2, 0.25) is 0 Å². The van der Waals surface area contributed by atoms with Crippen LogP contribution < -0.4 is 4.74 Å². The number of carboxylic acid groups (broad SMARTS) is 1. The maximum Gasteiger partial charge on any atom is 0.336 e. The highest BCUT2D eigenvalue weighted by molar-refractivity contribution is 7.71. The van der Waals surface area contributed by atoms with Gasteiger partial charge in [-0.2, -0.15) is 14.9 Å². The van der Waals surface area contributed by atoms with Crippen molar-refractivity contribution in [2.45, 2.75) is 0 Å². The van der Waals surface area contributed by atoms with Gasteiger partial charge in [0.1, 0.15) is 5.75 Å². The molecule has 1 heterocycles. The number of benzene rings is 2. The Balaban J connectivity index is 2.00.